The fourth-order valence-electron chi connectivity index (χ4n) is 2.21. The van der Waals surface area contributed by atoms with Crippen molar-refractivity contribution in [3.63, 3.8) is 0 Å². The van der Waals surface area contributed by atoms with Crippen molar-refractivity contribution in [1.82, 2.24) is 4.90 Å². The van der Waals surface area contributed by atoms with E-state index < -0.39 is 0 Å². The highest BCUT2D eigenvalue weighted by Crippen LogP contribution is 2.30. The van der Waals surface area contributed by atoms with Crippen molar-refractivity contribution < 1.29 is 0 Å². The lowest BCUT2D eigenvalue weighted by Gasteiger charge is -2.36. The van der Waals surface area contributed by atoms with Crippen molar-refractivity contribution in [3.8, 4) is 0 Å². The second-order valence-electron chi connectivity index (χ2n) is 6.83. The van der Waals surface area contributed by atoms with Crippen LogP contribution in [0.25, 0.3) is 0 Å². The van der Waals surface area contributed by atoms with Crippen LogP contribution in [0.15, 0.2) is 11.6 Å². The summed E-state index contributed by atoms with van der Waals surface area (Å²) in [4.78, 5) is 2.52. The highest BCUT2D eigenvalue weighted by Gasteiger charge is 2.24. The minimum absolute atomic E-state index is 0.243. The first-order valence-electron chi connectivity index (χ1n) is 6.36. The van der Waals surface area contributed by atoms with Gasteiger partial charge in [-0.25, -0.2) is 0 Å². The smallest absolute Gasteiger partial charge is 0.0166 e. The van der Waals surface area contributed by atoms with Gasteiger partial charge in [0, 0.05) is 19.6 Å². The molecule has 2 heteroatoms. The molecule has 0 saturated heterocycles. The Bertz CT molecular complexity index is 258. The third-order valence-corrected chi connectivity index (χ3v) is 3.46. The largest absolute Gasteiger partial charge is 0.330 e. The van der Waals surface area contributed by atoms with E-state index in [0.29, 0.717) is 5.41 Å². The van der Waals surface area contributed by atoms with Gasteiger partial charge >= 0.3 is 0 Å². The van der Waals surface area contributed by atoms with Crippen LogP contribution >= 0.6 is 0 Å². The molecule has 0 aromatic carbocycles. The molecule has 2 N–H and O–H groups in total. The number of rotatable bonds is 3. The molecule has 16 heavy (non-hydrogen) atoms. The summed E-state index contributed by atoms with van der Waals surface area (Å²) in [5.41, 5.74) is 7.97. The molecule has 0 unspecified atom stereocenters. The number of hydrogen-bond donors (Lipinski definition) is 1. The molecule has 0 bridgehead atoms. The average Bonchev–Trinajstić information content (AvgIpc) is 2.16. The van der Waals surface area contributed by atoms with Crippen molar-refractivity contribution in [1.29, 1.82) is 0 Å². The SMILES string of the molecule is CC(C)(CN)CN1CC=C(C(C)(C)C)CC1. The Balaban J connectivity index is 2.52. The van der Waals surface area contributed by atoms with E-state index in [1.165, 1.54) is 13.0 Å². The lowest BCUT2D eigenvalue weighted by molar-refractivity contribution is 0.189. The van der Waals surface area contributed by atoms with E-state index in [9.17, 15) is 0 Å². The van der Waals surface area contributed by atoms with Crippen molar-refractivity contribution in [2.45, 2.75) is 41.0 Å². The van der Waals surface area contributed by atoms with Crippen LogP contribution in [-0.4, -0.2) is 31.1 Å². The summed E-state index contributed by atoms with van der Waals surface area (Å²) in [6.07, 6.45) is 3.63. The van der Waals surface area contributed by atoms with E-state index in [0.717, 1.165) is 19.6 Å². The van der Waals surface area contributed by atoms with Crippen molar-refractivity contribution >= 4 is 0 Å². The maximum Gasteiger partial charge on any atom is 0.0166 e. The van der Waals surface area contributed by atoms with Gasteiger partial charge in [-0.3, -0.25) is 4.90 Å². The first-order chi connectivity index (χ1) is 7.24. The molecule has 0 saturated carbocycles. The molecule has 1 aliphatic heterocycles. The van der Waals surface area contributed by atoms with Crippen LogP contribution in [0, 0.1) is 10.8 Å². The molecule has 0 atom stereocenters. The normalized spacial score (nSPS) is 19.8. The van der Waals surface area contributed by atoms with Crippen molar-refractivity contribution in [3.05, 3.63) is 11.6 Å². The topological polar surface area (TPSA) is 29.3 Å². The maximum atomic E-state index is 5.78. The zero-order valence-electron chi connectivity index (χ0n) is 11.6. The van der Waals surface area contributed by atoms with Gasteiger partial charge in [-0.05, 0) is 23.8 Å². The predicted molar refractivity (Wildman–Crippen MR) is 71.4 cm³/mol. The van der Waals surface area contributed by atoms with Crippen LogP contribution in [0.4, 0.5) is 0 Å². The summed E-state index contributed by atoms with van der Waals surface area (Å²) in [5.74, 6) is 0. The molecule has 0 radical (unpaired) electrons. The minimum atomic E-state index is 0.243. The van der Waals surface area contributed by atoms with Crippen molar-refractivity contribution in [2.24, 2.45) is 16.6 Å². The molecule has 0 aromatic rings. The molecule has 94 valence electrons. The Morgan fingerprint density at radius 3 is 2.25 bits per heavy atom. The molecule has 0 amide bonds. The summed E-state index contributed by atoms with van der Waals surface area (Å²) in [6, 6.07) is 0. The molecule has 1 heterocycles. The third kappa shape index (κ3) is 3.91. The van der Waals surface area contributed by atoms with Crippen LogP contribution in [-0.2, 0) is 0 Å². The van der Waals surface area contributed by atoms with Gasteiger partial charge in [0.1, 0.15) is 0 Å². The van der Waals surface area contributed by atoms with E-state index in [1.807, 2.05) is 0 Å². The van der Waals surface area contributed by atoms with Gasteiger partial charge in [0.15, 0.2) is 0 Å². The second kappa shape index (κ2) is 4.89. The quantitative estimate of drug-likeness (QED) is 0.747. The molecular formula is C14H28N2. The van der Waals surface area contributed by atoms with Crippen LogP contribution in [0.5, 0.6) is 0 Å². The summed E-state index contributed by atoms with van der Waals surface area (Å²) in [5, 5.41) is 0. The first kappa shape index (κ1) is 13.7. The van der Waals surface area contributed by atoms with E-state index in [4.69, 9.17) is 5.73 Å². The monoisotopic (exact) mass is 224 g/mol. The summed E-state index contributed by atoms with van der Waals surface area (Å²) >= 11 is 0. The number of hydrogen-bond acceptors (Lipinski definition) is 2. The van der Waals surface area contributed by atoms with Gasteiger partial charge in [-0.15, -0.1) is 0 Å². The molecular weight excluding hydrogens is 196 g/mol. The Kier molecular flexibility index (Phi) is 4.19. The molecule has 2 nitrogen and oxygen atoms in total. The minimum Gasteiger partial charge on any atom is -0.330 e. The molecule has 0 spiro atoms. The van der Waals surface area contributed by atoms with Gasteiger partial charge in [-0.1, -0.05) is 46.3 Å². The average molecular weight is 224 g/mol. The van der Waals surface area contributed by atoms with Crippen LogP contribution in [0.2, 0.25) is 0 Å². The second-order valence-corrected chi connectivity index (χ2v) is 6.83. The zero-order valence-corrected chi connectivity index (χ0v) is 11.6. The highest BCUT2D eigenvalue weighted by atomic mass is 15.1. The maximum absolute atomic E-state index is 5.78. The van der Waals surface area contributed by atoms with E-state index in [-0.39, 0.29) is 5.41 Å². The standard InChI is InChI=1S/C14H28N2/c1-13(2,3)12-6-8-16(9-7-12)11-14(4,5)10-15/h6H,7-11,15H2,1-5H3. The Hall–Kier alpha value is -0.340. The van der Waals surface area contributed by atoms with Gasteiger partial charge < -0.3 is 5.73 Å². The van der Waals surface area contributed by atoms with Gasteiger partial charge in [0.05, 0.1) is 0 Å². The highest BCUT2D eigenvalue weighted by molar-refractivity contribution is 5.14. The third-order valence-electron chi connectivity index (χ3n) is 3.46. The molecule has 0 fully saturated rings. The van der Waals surface area contributed by atoms with Crippen LogP contribution < -0.4 is 5.73 Å². The van der Waals surface area contributed by atoms with Crippen molar-refractivity contribution in [2.75, 3.05) is 26.2 Å². The molecule has 0 aliphatic carbocycles. The number of nitrogens with two attached hydrogens (primary N) is 1. The van der Waals surface area contributed by atoms with E-state index in [2.05, 4.69) is 45.6 Å². The van der Waals surface area contributed by atoms with E-state index in [1.54, 1.807) is 5.57 Å². The first-order valence-corrected chi connectivity index (χ1v) is 6.36. The molecule has 1 rings (SSSR count). The van der Waals surface area contributed by atoms with Crippen LogP contribution in [0.3, 0.4) is 0 Å². The van der Waals surface area contributed by atoms with Gasteiger partial charge in [0.25, 0.3) is 0 Å². The Labute approximate surface area is 101 Å². The van der Waals surface area contributed by atoms with E-state index >= 15 is 0 Å². The lowest BCUT2D eigenvalue weighted by atomic mass is 9.82. The summed E-state index contributed by atoms with van der Waals surface area (Å²) < 4.78 is 0. The Morgan fingerprint density at radius 1 is 1.25 bits per heavy atom. The van der Waals surface area contributed by atoms with Gasteiger partial charge in [0.2, 0.25) is 0 Å². The summed E-state index contributed by atoms with van der Waals surface area (Å²) in [6.45, 7) is 15.6. The number of nitrogens with zero attached hydrogens (tertiary/aromatic N) is 1. The molecule has 0 aromatic heterocycles. The molecule has 1 aliphatic rings. The zero-order chi connectivity index (χ0) is 12.4. The fourth-order valence-corrected chi connectivity index (χ4v) is 2.21. The Morgan fingerprint density at radius 2 is 1.88 bits per heavy atom. The fraction of sp³-hybridized carbons (Fsp3) is 0.857. The van der Waals surface area contributed by atoms with Gasteiger partial charge in [-0.2, -0.15) is 0 Å². The lowest BCUT2D eigenvalue weighted by Crippen LogP contribution is -2.41. The predicted octanol–water partition coefficient (Wildman–Crippen LogP) is 2.65. The summed E-state index contributed by atoms with van der Waals surface area (Å²) in [7, 11) is 0. The van der Waals surface area contributed by atoms with Crippen LogP contribution in [0.1, 0.15) is 41.0 Å².